The molecule has 1 aliphatic heterocycles. The Morgan fingerprint density at radius 1 is 1.31 bits per heavy atom. The van der Waals surface area contributed by atoms with Crippen LogP contribution in [0.1, 0.15) is 10.4 Å². The fourth-order valence-electron chi connectivity index (χ4n) is 1.20. The molecule has 0 saturated carbocycles. The van der Waals surface area contributed by atoms with E-state index in [9.17, 15) is 13.6 Å². The highest BCUT2D eigenvalue weighted by Crippen LogP contribution is 2.26. The summed E-state index contributed by atoms with van der Waals surface area (Å²) in [6, 6.07) is 6.10. The van der Waals surface area contributed by atoms with Gasteiger partial charge in [0, 0.05) is 5.56 Å². The van der Waals surface area contributed by atoms with Crippen molar-refractivity contribution in [3.05, 3.63) is 29.8 Å². The number of benzene rings is 1. The quantitative estimate of drug-likeness (QED) is 0.603. The Morgan fingerprint density at radius 2 is 2.00 bits per heavy atom. The summed E-state index contributed by atoms with van der Waals surface area (Å²) in [5.41, 5.74) is 0.329. The Morgan fingerprint density at radius 3 is 2.77 bits per heavy atom. The third kappa shape index (κ3) is 1.14. The van der Waals surface area contributed by atoms with E-state index in [0.29, 0.717) is 0 Å². The maximum Gasteiger partial charge on any atom is 0.232 e. The average Bonchev–Trinajstić information content (AvgIpc) is 2.15. The van der Waals surface area contributed by atoms with Crippen LogP contribution in [0.2, 0.25) is 0 Å². The molecule has 2 rings (SSSR count). The van der Waals surface area contributed by atoms with Gasteiger partial charge in [-0.1, -0.05) is 12.1 Å². The van der Waals surface area contributed by atoms with Gasteiger partial charge in [0.1, 0.15) is 0 Å². The highest BCUT2D eigenvalue weighted by atomic mass is 19.2. The minimum Gasteiger partial charge on any atom is -0.290 e. The van der Waals surface area contributed by atoms with Crippen molar-refractivity contribution in [3.63, 3.8) is 0 Å². The van der Waals surface area contributed by atoms with Gasteiger partial charge in [0.15, 0.2) is 0 Å². The minimum atomic E-state index is -2.23. The number of fused-ring (bicyclic) bond motifs is 1. The summed E-state index contributed by atoms with van der Waals surface area (Å²) < 4.78 is 25.5. The molecular weight excluding hydrogens is 176 g/mol. The summed E-state index contributed by atoms with van der Waals surface area (Å²) in [4.78, 5) is 14.5. The molecule has 0 saturated heterocycles. The van der Waals surface area contributed by atoms with Crippen LogP contribution in [0, 0.1) is 0 Å². The van der Waals surface area contributed by atoms with Crippen molar-refractivity contribution in [2.24, 2.45) is 4.99 Å². The number of Topliss-reactive ketones (excluding diaryl/α,β-unsaturated/α-hetero) is 1. The summed E-state index contributed by atoms with van der Waals surface area (Å²) >= 11 is 0. The third-order valence-corrected chi connectivity index (χ3v) is 1.84. The number of rotatable bonds is 0. The second kappa shape index (κ2) is 2.73. The topological polar surface area (TPSA) is 29.4 Å². The van der Waals surface area contributed by atoms with Crippen molar-refractivity contribution in [3.8, 4) is 0 Å². The Bertz CT molecular complexity index is 400. The summed E-state index contributed by atoms with van der Waals surface area (Å²) in [7, 11) is 0. The van der Waals surface area contributed by atoms with E-state index >= 15 is 0 Å². The summed E-state index contributed by atoms with van der Waals surface area (Å²) in [5.74, 6) is -2.12. The zero-order chi connectivity index (χ0) is 9.42. The van der Waals surface area contributed by atoms with E-state index in [0.717, 1.165) is 0 Å². The van der Waals surface area contributed by atoms with Gasteiger partial charge in [-0.3, -0.25) is 4.79 Å². The molecule has 66 valence electrons. The number of hydrogen-bond acceptors (Lipinski definition) is 2. The fourth-order valence-corrected chi connectivity index (χ4v) is 1.20. The molecule has 0 N–H and O–H groups in total. The number of carbonyl (C=O) groups excluding carboxylic acids is 1. The normalized spacial score (nSPS) is 20.9. The van der Waals surface area contributed by atoms with Crippen LogP contribution in [-0.2, 0) is 0 Å². The molecule has 0 amide bonds. The van der Waals surface area contributed by atoms with Crippen LogP contribution < -0.4 is 0 Å². The van der Waals surface area contributed by atoms with Crippen molar-refractivity contribution in [2.75, 3.05) is 0 Å². The van der Waals surface area contributed by atoms with E-state index in [1.807, 2.05) is 0 Å². The predicted molar refractivity (Wildman–Crippen MR) is 43.9 cm³/mol. The second-order valence-corrected chi connectivity index (χ2v) is 2.68. The van der Waals surface area contributed by atoms with Crippen molar-refractivity contribution in [1.82, 2.24) is 0 Å². The van der Waals surface area contributed by atoms with E-state index in [2.05, 4.69) is 4.99 Å². The number of ketones is 1. The first kappa shape index (κ1) is 8.04. The first-order valence-electron chi connectivity index (χ1n) is 3.71. The van der Waals surface area contributed by atoms with Crippen LogP contribution in [0.3, 0.4) is 0 Å². The van der Waals surface area contributed by atoms with Crippen LogP contribution in [-0.4, -0.2) is 17.9 Å². The molecule has 0 radical (unpaired) electrons. The molecule has 1 unspecified atom stereocenters. The van der Waals surface area contributed by atoms with Gasteiger partial charge < -0.3 is 0 Å². The smallest absolute Gasteiger partial charge is 0.232 e. The van der Waals surface area contributed by atoms with Crippen LogP contribution in [0.4, 0.5) is 14.5 Å². The number of nitrogens with zero attached hydrogens (tertiary/aromatic N) is 1. The van der Waals surface area contributed by atoms with Gasteiger partial charge in [-0.25, -0.2) is 9.38 Å². The van der Waals surface area contributed by atoms with Gasteiger partial charge in [0.25, 0.3) is 0 Å². The second-order valence-electron chi connectivity index (χ2n) is 2.68. The molecule has 1 heterocycles. The molecule has 0 spiro atoms. The molecule has 2 nitrogen and oxygen atoms in total. The molecule has 1 aliphatic rings. The highest BCUT2D eigenvalue weighted by molar-refractivity contribution is 6.17. The molecule has 1 aromatic rings. The molecule has 1 aromatic carbocycles. The lowest BCUT2D eigenvalue weighted by Gasteiger charge is -2.12. The van der Waals surface area contributed by atoms with Gasteiger partial charge in [-0.15, -0.1) is 0 Å². The van der Waals surface area contributed by atoms with Gasteiger partial charge in [-0.2, -0.15) is 4.39 Å². The van der Waals surface area contributed by atoms with Crippen molar-refractivity contribution < 1.29 is 13.6 Å². The molecule has 0 aliphatic carbocycles. The van der Waals surface area contributed by atoms with Crippen molar-refractivity contribution in [2.45, 2.75) is 6.17 Å². The van der Waals surface area contributed by atoms with Crippen molar-refractivity contribution in [1.29, 1.82) is 0 Å². The van der Waals surface area contributed by atoms with E-state index in [1.54, 1.807) is 12.1 Å². The van der Waals surface area contributed by atoms with Crippen LogP contribution in [0.15, 0.2) is 29.3 Å². The Balaban J connectivity index is 2.63. The third-order valence-electron chi connectivity index (χ3n) is 1.84. The van der Waals surface area contributed by atoms with E-state index in [-0.39, 0.29) is 11.3 Å². The van der Waals surface area contributed by atoms with Crippen LogP contribution >= 0.6 is 0 Å². The Hall–Kier alpha value is -1.58. The standard InChI is InChI=1S/C9H5F2NO/c10-7-8(13)5-3-1-2-4-6(5)12-9(7)11/h1-4,7H. The summed E-state index contributed by atoms with van der Waals surface area (Å²) in [6.07, 6.45) is -2.23. The molecule has 0 aromatic heterocycles. The molecule has 1 atom stereocenters. The van der Waals surface area contributed by atoms with Crippen LogP contribution in [0.5, 0.6) is 0 Å². The SMILES string of the molecule is O=C1c2ccccc2N=C(F)C1F. The maximum atomic E-state index is 12.8. The predicted octanol–water partition coefficient (Wildman–Crippen LogP) is 2.22. The first-order valence-corrected chi connectivity index (χ1v) is 3.71. The number of halogens is 2. The van der Waals surface area contributed by atoms with E-state index in [1.165, 1.54) is 12.1 Å². The number of alkyl halides is 1. The fraction of sp³-hybridized carbons (Fsp3) is 0.111. The number of aliphatic imine (C=N–C) groups is 1. The summed E-state index contributed by atoms with van der Waals surface area (Å²) in [6.45, 7) is 0. The van der Waals surface area contributed by atoms with Gasteiger partial charge in [-0.05, 0) is 12.1 Å². The number of para-hydroxylation sites is 1. The lowest BCUT2D eigenvalue weighted by Crippen LogP contribution is -2.25. The molecule has 0 bridgehead atoms. The molecule has 4 heteroatoms. The zero-order valence-corrected chi connectivity index (χ0v) is 6.50. The average molecular weight is 181 g/mol. The largest absolute Gasteiger partial charge is 0.290 e. The van der Waals surface area contributed by atoms with Gasteiger partial charge in [0.2, 0.25) is 17.9 Å². The zero-order valence-electron chi connectivity index (χ0n) is 6.50. The molecule has 0 fully saturated rings. The van der Waals surface area contributed by atoms with Gasteiger partial charge >= 0.3 is 0 Å². The Labute approximate surface area is 72.9 Å². The Kier molecular flexibility index (Phi) is 1.69. The van der Waals surface area contributed by atoms with Gasteiger partial charge in [0.05, 0.1) is 5.69 Å². The monoisotopic (exact) mass is 181 g/mol. The molecular formula is C9H5F2NO. The van der Waals surface area contributed by atoms with Crippen LogP contribution in [0.25, 0.3) is 0 Å². The highest BCUT2D eigenvalue weighted by Gasteiger charge is 2.31. The van der Waals surface area contributed by atoms with Crippen molar-refractivity contribution >= 4 is 17.4 Å². The number of hydrogen-bond donors (Lipinski definition) is 0. The lowest BCUT2D eigenvalue weighted by molar-refractivity contribution is 0.0918. The maximum absolute atomic E-state index is 12.8. The molecule has 13 heavy (non-hydrogen) atoms. The first-order chi connectivity index (χ1) is 6.20. The summed E-state index contributed by atoms with van der Waals surface area (Å²) in [5, 5.41) is 0. The van der Waals surface area contributed by atoms with E-state index < -0.39 is 17.9 Å². The minimum absolute atomic E-state index is 0.136. The number of carbonyl (C=O) groups is 1. The lowest BCUT2D eigenvalue weighted by atomic mass is 10.0. The van der Waals surface area contributed by atoms with E-state index in [4.69, 9.17) is 0 Å².